The highest BCUT2D eigenvalue weighted by Crippen LogP contribution is 2.18. The lowest BCUT2D eigenvalue weighted by Gasteiger charge is -2.17. The molecule has 0 heterocycles. The summed E-state index contributed by atoms with van der Waals surface area (Å²) in [5, 5.41) is 2.87. The molecule has 2 rings (SSSR count). The van der Waals surface area contributed by atoms with Crippen LogP contribution in [-0.4, -0.2) is 12.0 Å². The Balaban J connectivity index is 2.03. The number of carbonyl (C=O) groups is 1. The third kappa shape index (κ3) is 4.60. The Morgan fingerprint density at radius 1 is 1.24 bits per heavy atom. The molecule has 0 bridgehead atoms. The molecule has 2 aromatic carbocycles. The number of rotatable bonds is 5. The lowest BCUT2D eigenvalue weighted by atomic mass is 10.2. The highest BCUT2D eigenvalue weighted by Gasteiger charge is 2.18. The molecule has 1 atom stereocenters. The first-order chi connectivity index (χ1) is 10.1. The quantitative estimate of drug-likeness (QED) is 0.861. The normalized spacial score (nSPS) is 11.8. The first kappa shape index (κ1) is 15.6. The van der Waals surface area contributed by atoms with Gasteiger partial charge in [-0.05, 0) is 55.3 Å². The maximum absolute atomic E-state index is 12.3. The van der Waals surface area contributed by atoms with Crippen molar-refractivity contribution in [1.29, 1.82) is 0 Å². The van der Waals surface area contributed by atoms with Gasteiger partial charge in [-0.3, -0.25) is 4.79 Å². The number of ether oxygens (including phenoxy) is 1. The predicted molar refractivity (Wildman–Crippen MR) is 88.7 cm³/mol. The van der Waals surface area contributed by atoms with Gasteiger partial charge in [0.05, 0.1) is 0 Å². The van der Waals surface area contributed by atoms with Crippen LogP contribution in [0.15, 0.2) is 53.0 Å². The molecule has 0 aliphatic rings. The Morgan fingerprint density at radius 2 is 1.95 bits per heavy atom. The fourth-order valence-corrected chi connectivity index (χ4v) is 2.20. The lowest BCUT2D eigenvalue weighted by Crippen LogP contribution is -2.32. The van der Waals surface area contributed by atoms with E-state index < -0.39 is 6.10 Å². The van der Waals surface area contributed by atoms with Crippen LogP contribution in [0.4, 0.5) is 5.69 Å². The van der Waals surface area contributed by atoms with E-state index in [2.05, 4.69) is 21.2 Å². The number of halogens is 1. The van der Waals surface area contributed by atoms with Gasteiger partial charge in [-0.2, -0.15) is 0 Å². The smallest absolute Gasteiger partial charge is 0.265 e. The van der Waals surface area contributed by atoms with E-state index >= 15 is 0 Å². The number of nitrogens with one attached hydrogen (secondary N) is 1. The molecule has 3 nitrogen and oxygen atoms in total. The van der Waals surface area contributed by atoms with E-state index in [1.807, 2.05) is 62.4 Å². The zero-order chi connectivity index (χ0) is 15.2. The minimum Gasteiger partial charge on any atom is -0.481 e. The molecule has 0 spiro atoms. The van der Waals surface area contributed by atoms with Gasteiger partial charge in [-0.25, -0.2) is 0 Å². The Hall–Kier alpha value is -1.81. The number of aryl methyl sites for hydroxylation is 1. The van der Waals surface area contributed by atoms with Crippen molar-refractivity contribution in [3.8, 4) is 5.75 Å². The van der Waals surface area contributed by atoms with Gasteiger partial charge in [0.2, 0.25) is 0 Å². The van der Waals surface area contributed by atoms with Crippen LogP contribution in [0.5, 0.6) is 5.75 Å². The zero-order valence-electron chi connectivity index (χ0n) is 12.1. The number of benzene rings is 2. The van der Waals surface area contributed by atoms with Gasteiger partial charge >= 0.3 is 0 Å². The second-order valence-corrected chi connectivity index (χ2v) is 5.74. The van der Waals surface area contributed by atoms with E-state index in [1.54, 1.807) is 0 Å². The molecular formula is C17H18BrNO2. The van der Waals surface area contributed by atoms with Crippen LogP contribution in [-0.2, 0) is 4.79 Å². The molecule has 2 aromatic rings. The van der Waals surface area contributed by atoms with Crippen LogP contribution in [0.1, 0.15) is 18.9 Å². The molecule has 1 N–H and O–H groups in total. The van der Waals surface area contributed by atoms with Crippen LogP contribution >= 0.6 is 15.9 Å². The lowest BCUT2D eigenvalue weighted by molar-refractivity contribution is -0.122. The molecule has 0 aliphatic heterocycles. The Morgan fingerprint density at radius 3 is 2.57 bits per heavy atom. The largest absolute Gasteiger partial charge is 0.481 e. The van der Waals surface area contributed by atoms with Crippen LogP contribution in [0, 0.1) is 6.92 Å². The van der Waals surface area contributed by atoms with Crippen molar-refractivity contribution < 1.29 is 9.53 Å². The van der Waals surface area contributed by atoms with Gasteiger partial charge in [0.25, 0.3) is 5.91 Å². The fraction of sp³-hybridized carbons (Fsp3) is 0.235. The summed E-state index contributed by atoms with van der Waals surface area (Å²) < 4.78 is 6.76. The van der Waals surface area contributed by atoms with Crippen molar-refractivity contribution in [2.45, 2.75) is 26.4 Å². The molecule has 0 unspecified atom stereocenters. The summed E-state index contributed by atoms with van der Waals surface area (Å²) in [7, 11) is 0. The molecule has 1 amide bonds. The summed E-state index contributed by atoms with van der Waals surface area (Å²) in [4.78, 5) is 12.3. The average Bonchev–Trinajstić information content (AvgIpc) is 2.47. The summed E-state index contributed by atoms with van der Waals surface area (Å²) in [5.74, 6) is 0.578. The maximum Gasteiger partial charge on any atom is 0.265 e. The molecule has 110 valence electrons. The summed E-state index contributed by atoms with van der Waals surface area (Å²) in [6.07, 6.45) is 0.103. The zero-order valence-corrected chi connectivity index (χ0v) is 13.7. The summed E-state index contributed by atoms with van der Waals surface area (Å²) in [5.41, 5.74) is 1.87. The van der Waals surface area contributed by atoms with E-state index in [0.717, 1.165) is 15.7 Å². The molecule has 0 saturated heterocycles. The molecule has 21 heavy (non-hydrogen) atoms. The number of amides is 1. The third-order valence-electron chi connectivity index (χ3n) is 3.04. The predicted octanol–water partition coefficient (Wildman–Crippen LogP) is 4.55. The highest BCUT2D eigenvalue weighted by molar-refractivity contribution is 9.10. The highest BCUT2D eigenvalue weighted by atomic mass is 79.9. The number of hydrogen-bond acceptors (Lipinski definition) is 2. The minimum atomic E-state index is -0.504. The van der Waals surface area contributed by atoms with E-state index in [4.69, 9.17) is 4.74 Å². The van der Waals surface area contributed by atoms with Gasteiger partial charge in [-0.15, -0.1) is 0 Å². The third-order valence-corrected chi connectivity index (χ3v) is 3.57. The van der Waals surface area contributed by atoms with E-state index in [-0.39, 0.29) is 5.91 Å². The Bertz CT molecular complexity index is 610. The van der Waals surface area contributed by atoms with E-state index in [0.29, 0.717) is 12.2 Å². The Labute approximate surface area is 133 Å². The number of carbonyl (C=O) groups excluding carboxylic acids is 1. The van der Waals surface area contributed by atoms with Crippen molar-refractivity contribution in [2.24, 2.45) is 0 Å². The molecule has 0 aromatic heterocycles. The van der Waals surface area contributed by atoms with Gasteiger partial charge in [-0.1, -0.05) is 35.0 Å². The van der Waals surface area contributed by atoms with Crippen LogP contribution < -0.4 is 10.1 Å². The van der Waals surface area contributed by atoms with Crippen molar-refractivity contribution in [2.75, 3.05) is 5.32 Å². The first-order valence-corrected chi connectivity index (χ1v) is 7.67. The summed E-state index contributed by atoms with van der Waals surface area (Å²) >= 11 is 3.37. The molecule has 0 fully saturated rings. The minimum absolute atomic E-state index is 0.138. The van der Waals surface area contributed by atoms with Crippen LogP contribution in [0.3, 0.4) is 0 Å². The monoisotopic (exact) mass is 347 g/mol. The number of anilines is 1. The second kappa shape index (κ2) is 7.27. The fourth-order valence-electron chi connectivity index (χ4n) is 1.93. The maximum atomic E-state index is 12.3. The van der Waals surface area contributed by atoms with Crippen molar-refractivity contribution in [1.82, 2.24) is 0 Å². The molecule has 0 aliphatic carbocycles. The topological polar surface area (TPSA) is 38.3 Å². The number of hydrogen-bond donors (Lipinski definition) is 1. The standard InChI is InChI=1S/C17H18BrNO2/c1-3-16(21-15-6-4-5-12(2)11-15)17(20)19-14-9-7-13(18)8-10-14/h4-11,16H,3H2,1-2H3,(H,19,20)/t16-/m1/s1. The molecular weight excluding hydrogens is 330 g/mol. The molecule has 0 saturated carbocycles. The van der Waals surface area contributed by atoms with Gasteiger partial charge in [0, 0.05) is 10.2 Å². The average molecular weight is 348 g/mol. The van der Waals surface area contributed by atoms with E-state index in [9.17, 15) is 4.79 Å². The SMILES string of the molecule is CC[C@@H](Oc1cccc(C)c1)C(=O)Nc1ccc(Br)cc1. The van der Waals surface area contributed by atoms with Gasteiger partial charge < -0.3 is 10.1 Å². The first-order valence-electron chi connectivity index (χ1n) is 6.88. The summed E-state index contributed by atoms with van der Waals surface area (Å²) in [6, 6.07) is 15.2. The van der Waals surface area contributed by atoms with E-state index in [1.165, 1.54) is 0 Å². The van der Waals surface area contributed by atoms with Gasteiger partial charge in [0.15, 0.2) is 6.10 Å². The second-order valence-electron chi connectivity index (χ2n) is 4.83. The molecule has 0 radical (unpaired) electrons. The van der Waals surface area contributed by atoms with Crippen molar-refractivity contribution in [3.63, 3.8) is 0 Å². The van der Waals surface area contributed by atoms with Crippen LogP contribution in [0.25, 0.3) is 0 Å². The Kier molecular flexibility index (Phi) is 5.39. The van der Waals surface area contributed by atoms with Crippen LogP contribution in [0.2, 0.25) is 0 Å². The van der Waals surface area contributed by atoms with Crippen molar-refractivity contribution >= 4 is 27.5 Å². The molecule has 4 heteroatoms. The summed E-state index contributed by atoms with van der Waals surface area (Å²) in [6.45, 7) is 3.93. The van der Waals surface area contributed by atoms with Gasteiger partial charge in [0.1, 0.15) is 5.75 Å². The van der Waals surface area contributed by atoms with Crippen molar-refractivity contribution in [3.05, 3.63) is 58.6 Å².